The molecule has 2 unspecified atom stereocenters. The summed E-state index contributed by atoms with van der Waals surface area (Å²) in [5, 5.41) is 0. The predicted molar refractivity (Wildman–Crippen MR) is 127 cm³/mol. The van der Waals surface area contributed by atoms with Gasteiger partial charge >= 0.3 is 0 Å². The third kappa shape index (κ3) is 22.2. The number of unbranched alkanes of at least 4 members (excludes halogenated alkanes) is 14. The Labute approximate surface area is 174 Å². The highest BCUT2D eigenvalue weighted by Crippen LogP contribution is 2.19. The van der Waals surface area contributed by atoms with Gasteiger partial charge in [0.1, 0.15) is 0 Å². The fourth-order valence-electron chi connectivity index (χ4n) is 4.34. The van der Waals surface area contributed by atoms with Gasteiger partial charge in [0, 0.05) is 0 Å². The SMILES string of the molecule is CCCCCCC(C)CCCCCCCCCCCCCC(C)CCCC. The fraction of sp³-hybridized carbons (Fsp3) is 1.00. The van der Waals surface area contributed by atoms with E-state index in [2.05, 4.69) is 27.7 Å². The van der Waals surface area contributed by atoms with E-state index in [-0.39, 0.29) is 0 Å². The highest BCUT2D eigenvalue weighted by Gasteiger charge is 2.02. The van der Waals surface area contributed by atoms with Crippen molar-refractivity contribution < 1.29 is 0 Å². The lowest BCUT2D eigenvalue weighted by molar-refractivity contribution is 0.431. The molecule has 0 aliphatic rings. The van der Waals surface area contributed by atoms with E-state index in [4.69, 9.17) is 0 Å². The molecule has 0 aliphatic heterocycles. The molecule has 0 spiro atoms. The van der Waals surface area contributed by atoms with Crippen LogP contribution in [0.2, 0.25) is 0 Å². The van der Waals surface area contributed by atoms with E-state index in [9.17, 15) is 0 Å². The lowest BCUT2D eigenvalue weighted by atomic mass is 9.96. The Morgan fingerprint density at radius 1 is 0.333 bits per heavy atom. The molecule has 27 heavy (non-hydrogen) atoms. The van der Waals surface area contributed by atoms with Gasteiger partial charge in [0.05, 0.1) is 0 Å². The number of rotatable bonds is 22. The van der Waals surface area contributed by atoms with Crippen molar-refractivity contribution in [2.45, 2.75) is 163 Å². The van der Waals surface area contributed by atoms with E-state index >= 15 is 0 Å². The van der Waals surface area contributed by atoms with Crippen LogP contribution in [0.4, 0.5) is 0 Å². The van der Waals surface area contributed by atoms with Gasteiger partial charge in [-0.2, -0.15) is 0 Å². The van der Waals surface area contributed by atoms with Crippen molar-refractivity contribution in [2.75, 3.05) is 0 Å². The van der Waals surface area contributed by atoms with Gasteiger partial charge in [-0.1, -0.05) is 163 Å². The fourth-order valence-corrected chi connectivity index (χ4v) is 4.34. The Morgan fingerprint density at radius 3 is 0.926 bits per heavy atom. The molecule has 164 valence electrons. The van der Waals surface area contributed by atoms with Crippen molar-refractivity contribution in [1.29, 1.82) is 0 Å². The average molecular weight is 381 g/mol. The summed E-state index contributed by atoms with van der Waals surface area (Å²) in [4.78, 5) is 0. The smallest absolute Gasteiger partial charge is 0.0443 e. The van der Waals surface area contributed by atoms with Gasteiger partial charge in [-0.25, -0.2) is 0 Å². The molecule has 0 aliphatic carbocycles. The molecule has 0 saturated heterocycles. The summed E-state index contributed by atoms with van der Waals surface area (Å²) in [6.45, 7) is 9.53. The quantitative estimate of drug-likeness (QED) is 0.164. The van der Waals surface area contributed by atoms with Crippen LogP contribution in [0, 0.1) is 11.8 Å². The van der Waals surface area contributed by atoms with E-state index in [0.717, 1.165) is 11.8 Å². The highest BCUT2D eigenvalue weighted by molar-refractivity contribution is 4.56. The van der Waals surface area contributed by atoms with Crippen LogP contribution in [0.15, 0.2) is 0 Å². The van der Waals surface area contributed by atoms with Crippen LogP contribution in [0.5, 0.6) is 0 Å². The number of hydrogen-bond donors (Lipinski definition) is 0. The summed E-state index contributed by atoms with van der Waals surface area (Å²) < 4.78 is 0. The van der Waals surface area contributed by atoms with Gasteiger partial charge in [0.2, 0.25) is 0 Å². The lowest BCUT2D eigenvalue weighted by Crippen LogP contribution is -1.95. The van der Waals surface area contributed by atoms with Gasteiger partial charge in [0.15, 0.2) is 0 Å². The summed E-state index contributed by atoms with van der Waals surface area (Å²) >= 11 is 0. The summed E-state index contributed by atoms with van der Waals surface area (Å²) in [6.07, 6.45) is 30.7. The first-order valence-electron chi connectivity index (χ1n) is 13.2. The first-order valence-corrected chi connectivity index (χ1v) is 13.2. The van der Waals surface area contributed by atoms with E-state index in [0.29, 0.717) is 0 Å². The Hall–Kier alpha value is 0. The van der Waals surface area contributed by atoms with Crippen molar-refractivity contribution >= 4 is 0 Å². The van der Waals surface area contributed by atoms with Gasteiger partial charge in [-0.3, -0.25) is 0 Å². The van der Waals surface area contributed by atoms with Crippen molar-refractivity contribution in [1.82, 2.24) is 0 Å². The van der Waals surface area contributed by atoms with Crippen LogP contribution in [0.3, 0.4) is 0 Å². The minimum Gasteiger partial charge on any atom is -0.0654 e. The van der Waals surface area contributed by atoms with Crippen molar-refractivity contribution in [2.24, 2.45) is 11.8 Å². The van der Waals surface area contributed by atoms with Crippen LogP contribution < -0.4 is 0 Å². The molecule has 0 fully saturated rings. The zero-order valence-corrected chi connectivity index (χ0v) is 20.0. The Kier molecular flexibility index (Phi) is 22.3. The number of hydrogen-bond acceptors (Lipinski definition) is 0. The summed E-state index contributed by atoms with van der Waals surface area (Å²) in [5.41, 5.74) is 0. The van der Waals surface area contributed by atoms with Gasteiger partial charge < -0.3 is 0 Å². The second kappa shape index (κ2) is 22.3. The molecular formula is C27H56. The first kappa shape index (κ1) is 27.0. The van der Waals surface area contributed by atoms with Gasteiger partial charge in [0.25, 0.3) is 0 Å². The molecule has 0 bridgehead atoms. The van der Waals surface area contributed by atoms with Crippen molar-refractivity contribution in [3.63, 3.8) is 0 Å². The molecule has 0 amide bonds. The maximum atomic E-state index is 2.47. The minimum atomic E-state index is 0.967. The summed E-state index contributed by atoms with van der Waals surface area (Å²) in [6, 6.07) is 0. The van der Waals surface area contributed by atoms with E-state index in [1.165, 1.54) is 135 Å². The Morgan fingerprint density at radius 2 is 0.593 bits per heavy atom. The maximum absolute atomic E-state index is 2.47. The van der Waals surface area contributed by atoms with Crippen LogP contribution in [-0.4, -0.2) is 0 Å². The molecule has 0 radical (unpaired) electrons. The summed E-state index contributed by atoms with van der Waals surface area (Å²) in [5.74, 6) is 1.94. The normalized spacial score (nSPS) is 13.8. The van der Waals surface area contributed by atoms with Crippen LogP contribution >= 0.6 is 0 Å². The highest BCUT2D eigenvalue weighted by atomic mass is 14.1. The third-order valence-electron chi connectivity index (χ3n) is 6.49. The first-order chi connectivity index (χ1) is 13.2. The summed E-state index contributed by atoms with van der Waals surface area (Å²) in [7, 11) is 0. The Balaban J connectivity index is 3.14. The minimum absolute atomic E-state index is 0.967. The Bertz CT molecular complexity index is 257. The van der Waals surface area contributed by atoms with Crippen molar-refractivity contribution in [3.05, 3.63) is 0 Å². The second-order valence-electron chi connectivity index (χ2n) is 9.67. The molecule has 2 atom stereocenters. The van der Waals surface area contributed by atoms with E-state index in [1.807, 2.05) is 0 Å². The molecule has 0 aromatic heterocycles. The lowest BCUT2D eigenvalue weighted by Gasteiger charge is -2.11. The van der Waals surface area contributed by atoms with Crippen LogP contribution in [-0.2, 0) is 0 Å². The molecule has 0 aromatic rings. The topological polar surface area (TPSA) is 0 Å². The molecule has 0 heteroatoms. The average Bonchev–Trinajstić information content (AvgIpc) is 2.67. The third-order valence-corrected chi connectivity index (χ3v) is 6.49. The maximum Gasteiger partial charge on any atom is -0.0443 e. The van der Waals surface area contributed by atoms with Crippen molar-refractivity contribution in [3.8, 4) is 0 Å². The second-order valence-corrected chi connectivity index (χ2v) is 9.67. The largest absolute Gasteiger partial charge is 0.0654 e. The molecule has 0 aromatic carbocycles. The predicted octanol–water partition coefficient (Wildman–Crippen LogP) is 10.5. The van der Waals surface area contributed by atoms with E-state index < -0.39 is 0 Å². The van der Waals surface area contributed by atoms with Gasteiger partial charge in [-0.15, -0.1) is 0 Å². The molecule has 0 saturated carbocycles. The monoisotopic (exact) mass is 380 g/mol. The van der Waals surface area contributed by atoms with Crippen LogP contribution in [0.1, 0.15) is 163 Å². The zero-order valence-electron chi connectivity index (χ0n) is 20.0. The van der Waals surface area contributed by atoms with Gasteiger partial charge in [-0.05, 0) is 11.8 Å². The van der Waals surface area contributed by atoms with Crippen LogP contribution in [0.25, 0.3) is 0 Å². The van der Waals surface area contributed by atoms with E-state index in [1.54, 1.807) is 0 Å². The molecule has 0 heterocycles. The molecule has 0 rings (SSSR count). The zero-order chi connectivity index (χ0) is 20.0. The molecular weight excluding hydrogens is 324 g/mol. The standard InChI is InChI=1S/C27H56/c1-5-7-9-19-23-27(4)25-21-18-16-14-12-10-11-13-15-17-20-24-26(3)22-8-6-2/h26-27H,5-25H2,1-4H3. The molecule has 0 N–H and O–H groups in total. The molecule has 0 nitrogen and oxygen atoms in total.